The Morgan fingerprint density at radius 1 is 0.377 bits per heavy atom. The van der Waals surface area contributed by atoms with Crippen molar-refractivity contribution >= 4 is 32.7 Å². The Kier molecular flexibility index (Phi) is 6.55. The van der Waals surface area contributed by atoms with Gasteiger partial charge in [-0.05, 0) is 91.7 Å². The summed E-state index contributed by atoms with van der Waals surface area (Å²) in [6.07, 6.45) is 1.92. The topological polar surface area (TPSA) is 30.7 Å². The first kappa shape index (κ1) is 29.6. The fourth-order valence-electron chi connectivity index (χ4n) is 8.48. The van der Waals surface area contributed by atoms with E-state index in [-0.39, 0.29) is 0 Å². The van der Waals surface area contributed by atoms with E-state index in [1.54, 1.807) is 0 Å². The number of hydrogen-bond acceptors (Lipinski definition) is 2. The Balaban J connectivity index is 1.11. The zero-order valence-corrected chi connectivity index (χ0v) is 28.7. The maximum Gasteiger partial charge on any atom is 0.145 e. The summed E-state index contributed by atoms with van der Waals surface area (Å²) in [6.45, 7) is 0. The summed E-state index contributed by atoms with van der Waals surface area (Å²) < 4.78 is 2.25. The molecule has 53 heavy (non-hydrogen) atoms. The third-order valence-electron chi connectivity index (χ3n) is 10.8. The van der Waals surface area contributed by atoms with Crippen molar-refractivity contribution in [3.05, 3.63) is 188 Å². The van der Waals surface area contributed by atoms with Crippen LogP contribution in [0.3, 0.4) is 0 Å². The van der Waals surface area contributed by atoms with Gasteiger partial charge in [0.1, 0.15) is 5.82 Å². The van der Waals surface area contributed by atoms with Crippen LogP contribution in [-0.2, 0) is 0 Å². The second-order valence-corrected chi connectivity index (χ2v) is 13.7. The minimum absolute atomic E-state index is 0.931. The number of hydrogen-bond donors (Lipinski definition) is 0. The van der Waals surface area contributed by atoms with E-state index in [0.717, 1.165) is 39.2 Å². The smallest absolute Gasteiger partial charge is 0.145 e. The van der Waals surface area contributed by atoms with Crippen LogP contribution in [0.15, 0.2) is 188 Å². The molecule has 0 spiro atoms. The van der Waals surface area contributed by atoms with Gasteiger partial charge >= 0.3 is 0 Å². The van der Waals surface area contributed by atoms with E-state index in [9.17, 15) is 0 Å². The van der Waals surface area contributed by atoms with Crippen molar-refractivity contribution in [2.24, 2.45) is 0 Å². The van der Waals surface area contributed by atoms with Crippen LogP contribution >= 0.6 is 0 Å². The molecule has 246 valence electrons. The van der Waals surface area contributed by atoms with Crippen molar-refractivity contribution in [3.8, 4) is 72.7 Å². The van der Waals surface area contributed by atoms with Crippen molar-refractivity contribution in [2.75, 3.05) is 0 Å². The lowest BCUT2D eigenvalue weighted by Gasteiger charge is -2.26. The van der Waals surface area contributed by atoms with Gasteiger partial charge < -0.3 is 0 Å². The predicted molar refractivity (Wildman–Crippen MR) is 220 cm³/mol. The summed E-state index contributed by atoms with van der Waals surface area (Å²) >= 11 is 0. The monoisotopic (exact) mass is 673 g/mol. The van der Waals surface area contributed by atoms with Gasteiger partial charge in [-0.2, -0.15) is 0 Å². The summed E-state index contributed by atoms with van der Waals surface area (Å²) in [7, 11) is 0. The van der Waals surface area contributed by atoms with Crippen LogP contribution in [-0.4, -0.2) is 14.5 Å². The van der Waals surface area contributed by atoms with E-state index in [4.69, 9.17) is 9.97 Å². The van der Waals surface area contributed by atoms with E-state index in [1.165, 1.54) is 66.2 Å². The lowest BCUT2D eigenvalue weighted by atomic mass is 9.77. The molecular weight excluding hydrogens is 643 g/mol. The fraction of sp³-hybridized carbons (Fsp3) is 0. The number of para-hydroxylation sites is 3. The summed E-state index contributed by atoms with van der Waals surface area (Å²) in [5, 5.41) is 3.63. The summed E-state index contributed by atoms with van der Waals surface area (Å²) in [5.41, 5.74) is 17.3. The minimum atomic E-state index is 0.931. The van der Waals surface area contributed by atoms with Crippen LogP contribution < -0.4 is 0 Å². The maximum absolute atomic E-state index is 5.10. The van der Waals surface area contributed by atoms with Crippen LogP contribution in [0.25, 0.3) is 105 Å². The molecule has 3 heteroatoms. The van der Waals surface area contributed by atoms with Gasteiger partial charge in [-0.1, -0.05) is 146 Å². The number of fused-ring (bicyclic) bond motifs is 14. The summed E-state index contributed by atoms with van der Waals surface area (Å²) in [6, 6.07) is 65.5. The fourth-order valence-corrected chi connectivity index (χ4v) is 8.48. The van der Waals surface area contributed by atoms with E-state index in [0.29, 0.717) is 0 Å². The van der Waals surface area contributed by atoms with Crippen molar-refractivity contribution in [2.45, 2.75) is 0 Å². The molecule has 0 aliphatic heterocycles. The summed E-state index contributed by atoms with van der Waals surface area (Å²) in [5.74, 6) is 0.931. The highest BCUT2D eigenvalue weighted by atomic mass is 15.1. The van der Waals surface area contributed by atoms with E-state index < -0.39 is 0 Å². The molecule has 0 amide bonds. The molecule has 0 unspecified atom stereocenters. The molecule has 1 aliphatic carbocycles. The normalized spacial score (nSPS) is 11.8. The number of rotatable bonds is 3. The van der Waals surface area contributed by atoms with Crippen LogP contribution in [0.2, 0.25) is 0 Å². The lowest BCUT2D eigenvalue weighted by molar-refractivity contribution is 1.10. The zero-order valence-electron chi connectivity index (χ0n) is 28.7. The molecule has 2 aromatic heterocycles. The Bertz CT molecular complexity index is 3050. The molecule has 10 aromatic rings. The van der Waals surface area contributed by atoms with Crippen LogP contribution in [0.4, 0.5) is 0 Å². The average Bonchev–Trinajstić information content (AvgIpc) is 3.63. The number of pyridine rings is 1. The van der Waals surface area contributed by atoms with Gasteiger partial charge in [0.2, 0.25) is 0 Å². The molecule has 2 heterocycles. The van der Waals surface area contributed by atoms with Gasteiger partial charge in [0.05, 0.1) is 16.6 Å². The molecule has 0 saturated heterocycles. The third-order valence-corrected chi connectivity index (χ3v) is 10.8. The van der Waals surface area contributed by atoms with Gasteiger partial charge in [-0.25, -0.2) is 4.98 Å². The second-order valence-electron chi connectivity index (χ2n) is 13.7. The van der Waals surface area contributed by atoms with E-state index in [2.05, 4.69) is 180 Å². The second kappa shape index (κ2) is 11.7. The lowest BCUT2D eigenvalue weighted by Crippen LogP contribution is -2.00. The SMILES string of the molecule is c1ccc(-n2c(-c3ccc(-c4ccc5c(c4)-c4ccccc4-c4c(c6ncccc6c6ccccc46)-c4ccccc4-5)cc3)nc3ccccc32)cc1. The first-order valence-corrected chi connectivity index (χ1v) is 18.1. The minimum Gasteiger partial charge on any atom is -0.292 e. The zero-order chi connectivity index (χ0) is 34.9. The number of nitrogens with zero attached hydrogens (tertiary/aromatic N) is 3. The molecule has 0 bridgehead atoms. The van der Waals surface area contributed by atoms with Crippen molar-refractivity contribution < 1.29 is 0 Å². The number of imidazole rings is 1. The third kappa shape index (κ3) is 4.54. The number of aromatic nitrogens is 3. The maximum atomic E-state index is 5.10. The first-order chi connectivity index (χ1) is 26.3. The van der Waals surface area contributed by atoms with Gasteiger partial charge in [0.15, 0.2) is 0 Å². The molecule has 11 rings (SSSR count). The van der Waals surface area contributed by atoms with Crippen LogP contribution in [0.5, 0.6) is 0 Å². The standard InChI is InChI=1S/C50H31N3/c1-2-13-35(14-3-1)53-46-23-11-10-22-45(46)52-50(53)33-26-24-32(25-27-33)34-28-29-39-36-15-4-9-20-42(36)48-47(41-19-8-6-17-38(41)44(39)31-34)40-18-7-5-16-37(40)43-21-12-30-51-49(43)48/h1-31H. The molecule has 0 radical (unpaired) electrons. The van der Waals surface area contributed by atoms with E-state index in [1.807, 2.05) is 12.3 Å². The Hall–Kier alpha value is -7.10. The highest BCUT2D eigenvalue weighted by Gasteiger charge is 2.26. The highest BCUT2D eigenvalue weighted by molar-refractivity contribution is 6.23. The van der Waals surface area contributed by atoms with Crippen molar-refractivity contribution in [3.63, 3.8) is 0 Å². The molecule has 0 N–H and O–H groups in total. The molecule has 3 nitrogen and oxygen atoms in total. The quantitative estimate of drug-likeness (QED) is 0.175. The Morgan fingerprint density at radius 2 is 0.962 bits per heavy atom. The van der Waals surface area contributed by atoms with Crippen molar-refractivity contribution in [1.82, 2.24) is 14.5 Å². The number of benzene rings is 8. The van der Waals surface area contributed by atoms with Gasteiger partial charge in [0, 0.05) is 34.0 Å². The first-order valence-electron chi connectivity index (χ1n) is 18.1. The summed E-state index contributed by atoms with van der Waals surface area (Å²) in [4.78, 5) is 10.2. The largest absolute Gasteiger partial charge is 0.292 e. The van der Waals surface area contributed by atoms with Crippen LogP contribution in [0, 0.1) is 0 Å². The van der Waals surface area contributed by atoms with E-state index >= 15 is 0 Å². The van der Waals surface area contributed by atoms with Gasteiger partial charge in [0.25, 0.3) is 0 Å². The Labute approximate surface area is 307 Å². The predicted octanol–water partition coefficient (Wildman–Crippen LogP) is 13.0. The Morgan fingerprint density at radius 3 is 1.77 bits per heavy atom. The van der Waals surface area contributed by atoms with Gasteiger partial charge in [-0.3, -0.25) is 9.55 Å². The highest BCUT2D eigenvalue weighted by Crippen LogP contribution is 2.52. The van der Waals surface area contributed by atoms with Crippen molar-refractivity contribution in [1.29, 1.82) is 0 Å². The molecular formula is C50H31N3. The molecule has 8 aromatic carbocycles. The molecule has 1 aliphatic rings. The van der Waals surface area contributed by atoms with Gasteiger partial charge in [-0.15, -0.1) is 0 Å². The van der Waals surface area contributed by atoms with Crippen LogP contribution in [0.1, 0.15) is 0 Å². The molecule has 0 fully saturated rings. The molecule has 0 saturated carbocycles. The molecule has 0 atom stereocenters. The average molecular weight is 674 g/mol.